The molecule has 0 aliphatic heterocycles. The number of rotatable bonds is 10. The maximum absolute atomic E-state index is 13.3. The molecule has 0 fully saturated rings. The maximum atomic E-state index is 13.3. The fraction of sp³-hybridized carbons (Fsp3) is 0.250. The van der Waals surface area contributed by atoms with E-state index in [1.807, 2.05) is 0 Å². The number of halogens is 1. The molecule has 0 aliphatic rings. The molecule has 9 heteroatoms. The summed E-state index contributed by atoms with van der Waals surface area (Å²) >= 11 is 6.09. The molecule has 0 aromatic heterocycles. The number of hydrogen-bond donors (Lipinski definition) is 0. The van der Waals surface area contributed by atoms with Crippen molar-refractivity contribution in [1.29, 1.82) is 0 Å². The summed E-state index contributed by atoms with van der Waals surface area (Å²) in [6, 6.07) is 10.4. The third-order valence-electron chi connectivity index (χ3n) is 3.78. The van der Waals surface area contributed by atoms with Gasteiger partial charge in [0.05, 0.1) is 29.3 Å². The van der Waals surface area contributed by atoms with E-state index in [9.17, 15) is 13.2 Å². The van der Waals surface area contributed by atoms with Crippen molar-refractivity contribution in [3.05, 3.63) is 60.1 Å². The summed E-state index contributed by atoms with van der Waals surface area (Å²) in [5, 5.41) is 0.137. The van der Waals surface area contributed by atoms with Gasteiger partial charge in [0.2, 0.25) is 0 Å². The summed E-state index contributed by atoms with van der Waals surface area (Å²) in [6.07, 6.45) is 1.60. The van der Waals surface area contributed by atoms with E-state index >= 15 is 0 Å². The van der Waals surface area contributed by atoms with E-state index in [4.69, 9.17) is 25.8 Å². The Bertz CT molecular complexity index is 959. The Kier molecular flexibility index (Phi) is 7.92. The lowest BCUT2D eigenvalue weighted by Gasteiger charge is -2.24. The molecule has 0 aliphatic carbocycles. The van der Waals surface area contributed by atoms with E-state index in [2.05, 4.69) is 6.58 Å². The molecule has 156 valence electrons. The molecule has 0 unspecified atom stereocenters. The lowest BCUT2D eigenvalue weighted by atomic mass is 10.3. The smallest absolute Gasteiger partial charge is 0.326 e. The third-order valence-corrected chi connectivity index (χ3v) is 5.85. The molecule has 0 saturated carbocycles. The molecule has 0 atom stereocenters. The van der Waals surface area contributed by atoms with Crippen molar-refractivity contribution >= 4 is 33.3 Å². The van der Waals surface area contributed by atoms with Crippen molar-refractivity contribution in [3.8, 4) is 11.5 Å². The normalized spacial score (nSPS) is 10.9. The van der Waals surface area contributed by atoms with Crippen LogP contribution in [0.5, 0.6) is 11.5 Å². The summed E-state index contributed by atoms with van der Waals surface area (Å²) in [5.74, 6) is 0.198. The van der Waals surface area contributed by atoms with E-state index in [1.54, 1.807) is 37.3 Å². The van der Waals surface area contributed by atoms with E-state index in [0.29, 0.717) is 18.1 Å². The molecular formula is C20H22ClNO6S. The van der Waals surface area contributed by atoms with Crippen LogP contribution < -0.4 is 13.8 Å². The van der Waals surface area contributed by atoms with Crippen LogP contribution in [-0.2, 0) is 19.6 Å². The minimum atomic E-state index is -4.11. The van der Waals surface area contributed by atoms with Gasteiger partial charge in [-0.25, -0.2) is 8.42 Å². The second kappa shape index (κ2) is 10.2. The number of esters is 1. The molecule has 0 saturated heterocycles. The molecule has 29 heavy (non-hydrogen) atoms. The summed E-state index contributed by atoms with van der Waals surface area (Å²) in [6.45, 7) is 5.17. The summed E-state index contributed by atoms with van der Waals surface area (Å²) < 4.78 is 42.9. The van der Waals surface area contributed by atoms with Gasteiger partial charge in [0.15, 0.2) is 0 Å². The van der Waals surface area contributed by atoms with Gasteiger partial charge < -0.3 is 14.2 Å². The van der Waals surface area contributed by atoms with Gasteiger partial charge in [-0.05, 0) is 49.4 Å². The lowest BCUT2D eigenvalue weighted by Crippen LogP contribution is -2.36. The van der Waals surface area contributed by atoms with E-state index in [-0.39, 0.29) is 22.2 Å². The zero-order chi connectivity index (χ0) is 21.4. The average molecular weight is 440 g/mol. The van der Waals surface area contributed by atoms with Gasteiger partial charge in [-0.15, -0.1) is 0 Å². The largest absolute Gasteiger partial charge is 0.495 e. The highest BCUT2D eigenvalue weighted by Gasteiger charge is 2.28. The molecule has 0 heterocycles. The Balaban J connectivity index is 2.44. The van der Waals surface area contributed by atoms with Crippen LogP contribution in [0, 0.1) is 0 Å². The first kappa shape index (κ1) is 22.6. The molecular weight excluding hydrogens is 418 g/mol. The SMILES string of the molecule is C=CCOc1ccc(N(CC(=O)OCC)S(=O)(=O)c2ccc(OC)c(Cl)c2)cc1. The Morgan fingerprint density at radius 3 is 2.45 bits per heavy atom. The van der Waals surface area contributed by atoms with Gasteiger partial charge in [0.25, 0.3) is 10.0 Å². The van der Waals surface area contributed by atoms with E-state index in [1.165, 1.54) is 25.3 Å². The minimum Gasteiger partial charge on any atom is -0.495 e. The fourth-order valence-electron chi connectivity index (χ4n) is 2.44. The number of methoxy groups -OCH3 is 1. The maximum Gasteiger partial charge on any atom is 0.326 e. The average Bonchev–Trinajstić information content (AvgIpc) is 2.71. The van der Waals surface area contributed by atoms with Crippen LogP contribution in [0.2, 0.25) is 5.02 Å². The zero-order valence-electron chi connectivity index (χ0n) is 16.1. The number of nitrogens with zero attached hydrogens (tertiary/aromatic N) is 1. The summed E-state index contributed by atoms with van der Waals surface area (Å²) in [4.78, 5) is 12.0. The first-order valence-corrected chi connectivity index (χ1v) is 10.5. The van der Waals surface area contributed by atoms with Crippen molar-refractivity contribution in [2.45, 2.75) is 11.8 Å². The standard InChI is InChI=1S/C20H22ClNO6S/c1-4-12-28-16-8-6-15(7-9-16)22(14-20(23)27-5-2)29(24,25)17-10-11-19(26-3)18(21)13-17/h4,6-11,13H,1,5,12,14H2,2-3H3. The Hall–Kier alpha value is -2.71. The van der Waals surface area contributed by atoms with Gasteiger partial charge >= 0.3 is 5.97 Å². The quantitative estimate of drug-likeness (QED) is 0.415. The predicted molar refractivity (Wildman–Crippen MR) is 111 cm³/mol. The molecule has 0 N–H and O–H groups in total. The molecule has 0 spiro atoms. The van der Waals surface area contributed by atoms with Crippen LogP contribution in [-0.4, -0.2) is 41.3 Å². The minimum absolute atomic E-state index is 0.0837. The highest BCUT2D eigenvalue weighted by atomic mass is 35.5. The molecule has 7 nitrogen and oxygen atoms in total. The number of carbonyl (C=O) groups is 1. The lowest BCUT2D eigenvalue weighted by molar-refractivity contribution is -0.141. The predicted octanol–water partition coefficient (Wildman–Crippen LogP) is 3.67. The fourth-order valence-corrected chi connectivity index (χ4v) is 4.20. The van der Waals surface area contributed by atoms with Crippen LogP contribution in [0.1, 0.15) is 6.92 Å². The van der Waals surface area contributed by atoms with Gasteiger partial charge in [-0.1, -0.05) is 24.3 Å². The van der Waals surface area contributed by atoms with Gasteiger partial charge in [0.1, 0.15) is 24.7 Å². The molecule has 2 rings (SSSR count). The summed E-state index contributed by atoms with van der Waals surface area (Å²) in [7, 11) is -2.68. The zero-order valence-corrected chi connectivity index (χ0v) is 17.7. The number of benzene rings is 2. The number of ether oxygens (including phenoxy) is 3. The molecule has 0 radical (unpaired) electrons. The molecule has 0 bridgehead atoms. The van der Waals surface area contributed by atoms with Gasteiger partial charge in [-0.3, -0.25) is 9.10 Å². The molecule has 2 aromatic rings. The number of anilines is 1. The highest BCUT2D eigenvalue weighted by molar-refractivity contribution is 7.92. The topological polar surface area (TPSA) is 82.1 Å². The van der Waals surface area contributed by atoms with Crippen molar-refractivity contribution in [1.82, 2.24) is 0 Å². The number of sulfonamides is 1. The van der Waals surface area contributed by atoms with Crippen LogP contribution in [0.15, 0.2) is 60.0 Å². The van der Waals surface area contributed by atoms with Gasteiger partial charge in [0, 0.05) is 0 Å². The van der Waals surface area contributed by atoms with Crippen molar-refractivity contribution in [2.75, 3.05) is 31.2 Å². The second-order valence-corrected chi connectivity index (χ2v) is 7.98. The summed E-state index contributed by atoms with van der Waals surface area (Å²) in [5.41, 5.74) is 0.274. The highest BCUT2D eigenvalue weighted by Crippen LogP contribution is 2.31. The number of carbonyl (C=O) groups excluding carboxylic acids is 1. The van der Waals surface area contributed by atoms with E-state index < -0.39 is 22.5 Å². The Labute approximate surface area is 175 Å². The second-order valence-electron chi connectivity index (χ2n) is 5.71. The number of hydrogen-bond acceptors (Lipinski definition) is 6. The van der Waals surface area contributed by atoms with Gasteiger partial charge in [-0.2, -0.15) is 0 Å². The molecule has 2 aromatic carbocycles. The molecule has 0 amide bonds. The first-order valence-electron chi connectivity index (χ1n) is 8.69. The van der Waals surface area contributed by atoms with E-state index in [0.717, 1.165) is 4.31 Å². The van der Waals surface area contributed by atoms with Crippen LogP contribution in [0.25, 0.3) is 0 Å². The Morgan fingerprint density at radius 1 is 1.21 bits per heavy atom. The van der Waals surface area contributed by atoms with Crippen LogP contribution in [0.4, 0.5) is 5.69 Å². The monoisotopic (exact) mass is 439 g/mol. The van der Waals surface area contributed by atoms with Crippen molar-refractivity contribution in [3.63, 3.8) is 0 Å². The third kappa shape index (κ3) is 5.65. The first-order chi connectivity index (χ1) is 13.8. The van der Waals surface area contributed by atoms with Crippen molar-refractivity contribution in [2.24, 2.45) is 0 Å². The van der Waals surface area contributed by atoms with Crippen LogP contribution in [0.3, 0.4) is 0 Å². The van der Waals surface area contributed by atoms with Crippen LogP contribution >= 0.6 is 11.6 Å². The Morgan fingerprint density at radius 2 is 1.90 bits per heavy atom. The van der Waals surface area contributed by atoms with Crippen molar-refractivity contribution < 1.29 is 27.4 Å².